The molecule has 0 heterocycles. The largest absolute Gasteiger partial charge is 0.309 e. The van der Waals surface area contributed by atoms with Crippen molar-refractivity contribution in [2.75, 3.05) is 7.05 Å². The molecule has 4 heteroatoms. The van der Waals surface area contributed by atoms with Gasteiger partial charge in [-0.05, 0) is 65.6 Å². The first-order valence-electron chi connectivity index (χ1n) is 6.33. The highest BCUT2D eigenvalue weighted by Gasteiger charge is 2.19. The van der Waals surface area contributed by atoms with Gasteiger partial charge in [-0.1, -0.05) is 18.2 Å². The zero-order chi connectivity index (χ0) is 14.9. The Labute approximate surface area is 126 Å². The molecule has 0 amide bonds. The minimum Gasteiger partial charge on any atom is -0.309 e. The van der Waals surface area contributed by atoms with E-state index in [0.717, 1.165) is 17.2 Å². The van der Waals surface area contributed by atoms with Crippen LogP contribution < -0.4 is 5.32 Å². The summed E-state index contributed by atoms with van der Waals surface area (Å²) in [5.74, 6) is -0.902. The Bertz CT molecular complexity index is 641. The Morgan fingerprint density at radius 3 is 2.30 bits per heavy atom. The van der Waals surface area contributed by atoms with E-state index in [4.69, 9.17) is 0 Å². The molecule has 106 valence electrons. The highest BCUT2D eigenvalue weighted by atomic mass is 79.9. The van der Waals surface area contributed by atoms with Crippen LogP contribution in [0.15, 0.2) is 34.8 Å². The quantitative estimate of drug-likeness (QED) is 0.802. The second-order valence-corrected chi connectivity index (χ2v) is 5.71. The van der Waals surface area contributed by atoms with Crippen LogP contribution in [-0.2, 0) is 0 Å². The SMILES string of the molecule is CNC(c1ccc(C)c(C)c1)c1cc(F)c(Br)cc1F. The van der Waals surface area contributed by atoms with Crippen LogP contribution in [0.3, 0.4) is 0 Å². The van der Waals surface area contributed by atoms with E-state index >= 15 is 0 Å². The van der Waals surface area contributed by atoms with Crippen molar-refractivity contribution >= 4 is 15.9 Å². The van der Waals surface area contributed by atoms with Crippen molar-refractivity contribution in [2.45, 2.75) is 19.9 Å². The Hall–Kier alpha value is -1.26. The van der Waals surface area contributed by atoms with E-state index in [-0.39, 0.29) is 10.5 Å². The molecular weight excluding hydrogens is 324 g/mol. The van der Waals surface area contributed by atoms with Gasteiger partial charge in [0, 0.05) is 5.56 Å². The molecule has 1 N–H and O–H groups in total. The van der Waals surface area contributed by atoms with E-state index in [0.29, 0.717) is 5.56 Å². The highest BCUT2D eigenvalue weighted by Crippen LogP contribution is 2.29. The van der Waals surface area contributed by atoms with Crippen molar-refractivity contribution in [3.8, 4) is 0 Å². The van der Waals surface area contributed by atoms with Crippen LogP contribution in [0.25, 0.3) is 0 Å². The molecule has 0 saturated carbocycles. The average molecular weight is 340 g/mol. The van der Waals surface area contributed by atoms with Crippen molar-refractivity contribution in [3.63, 3.8) is 0 Å². The predicted octanol–water partition coefficient (Wildman–Crippen LogP) is 4.65. The molecule has 0 aliphatic carbocycles. The Morgan fingerprint density at radius 2 is 1.70 bits per heavy atom. The maximum atomic E-state index is 14.1. The van der Waals surface area contributed by atoms with E-state index in [9.17, 15) is 8.78 Å². The lowest BCUT2D eigenvalue weighted by atomic mass is 9.95. The van der Waals surface area contributed by atoms with Gasteiger partial charge in [-0.25, -0.2) is 8.78 Å². The first-order valence-corrected chi connectivity index (χ1v) is 7.12. The van der Waals surface area contributed by atoms with Gasteiger partial charge < -0.3 is 5.32 Å². The van der Waals surface area contributed by atoms with Gasteiger partial charge in [-0.2, -0.15) is 0 Å². The summed E-state index contributed by atoms with van der Waals surface area (Å²) in [4.78, 5) is 0. The fraction of sp³-hybridized carbons (Fsp3) is 0.250. The third-order valence-corrected chi connectivity index (χ3v) is 4.11. The molecule has 0 aliphatic rings. The lowest BCUT2D eigenvalue weighted by molar-refractivity contribution is 0.554. The molecule has 0 radical (unpaired) electrons. The van der Waals surface area contributed by atoms with Gasteiger partial charge >= 0.3 is 0 Å². The van der Waals surface area contributed by atoms with E-state index in [1.165, 1.54) is 11.6 Å². The van der Waals surface area contributed by atoms with E-state index in [2.05, 4.69) is 21.2 Å². The van der Waals surface area contributed by atoms with Crippen LogP contribution in [0.2, 0.25) is 0 Å². The summed E-state index contributed by atoms with van der Waals surface area (Å²) in [7, 11) is 1.74. The van der Waals surface area contributed by atoms with Crippen molar-refractivity contribution in [3.05, 3.63) is 68.7 Å². The van der Waals surface area contributed by atoms with Gasteiger partial charge in [0.25, 0.3) is 0 Å². The van der Waals surface area contributed by atoms with Crippen LogP contribution in [0, 0.1) is 25.5 Å². The maximum Gasteiger partial charge on any atom is 0.137 e. The second kappa shape index (κ2) is 6.02. The monoisotopic (exact) mass is 339 g/mol. The van der Waals surface area contributed by atoms with Gasteiger partial charge in [0.1, 0.15) is 11.6 Å². The molecule has 0 saturated heterocycles. The molecule has 2 aromatic carbocycles. The van der Waals surface area contributed by atoms with E-state index in [1.54, 1.807) is 7.05 Å². The molecule has 0 spiro atoms. The topological polar surface area (TPSA) is 12.0 Å². The predicted molar refractivity (Wildman–Crippen MR) is 80.9 cm³/mol. The van der Waals surface area contributed by atoms with Crippen LogP contribution in [-0.4, -0.2) is 7.05 Å². The normalized spacial score (nSPS) is 12.5. The number of halogens is 3. The molecule has 2 aromatic rings. The minimum absolute atomic E-state index is 0.133. The smallest absolute Gasteiger partial charge is 0.137 e. The van der Waals surface area contributed by atoms with Crippen molar-refractivity contribution in [1.29, 1.82) is 0 Å². The lowest BCUT2D eigenvalue weighted by Crippen LogP contribution is -2.19. The van der Waals surface area contributed by atoms with Gasteiger partial charge in [-0.3, -0.25) is 0 Å². The molecule has 1 unspecified atom stereocenters. The molecular formula is C16H16BrF2N. The third-order valence-electron chi connectivity index (χ3n) is 3.50. The number of nitrogens with one attached hydrogen (secondary N) is 1. The Kier molecular flexibility index (Phi) is 4.55. The maximum absolute atomic E-state index is 14.1. The summed E-state index contributed by atoms with van der Waals surface area (Å²) in [5.41, 5.74) is 3.51. The summed E-state index contributed by atoms with van der Waals surface area (Å²) in [6, 6.07) is 7.93. The number of benzene rings is 2. The fourth-order valence-corrected chi connectivity index (χ4v) is 2.52. The highest BCUT2D eigenvalue weighted by molar-refractivity contribution is 9.10. The van der Waals surface area contributed by atoms with Crippen LogP contribution >= 0.6 is 15.9 Å². The number of hydrogen-bond acceptors (Lipinski definition) is 1. The molecule has 1 atom stereocenters. The summed E-state index contributed by atoms with van der Waals surface area (Å²) >= 11 is 2.99. The average Bonchev–Trinajstić information content (AvgIpc) is 2.40. The van der Waals surface area contributed by atoms with Crippen LogP contribution in [0.5, 0.6) is 0 Å². The van der Waals surface area contributed by atoms with Crippen molar-refractivity contribution < 1.29 is 8.78 Å². The molecule has 0 aromatic heterocycles. The van der Waals surface area contributed by atoms with E-state index < -0.39 is 11.6 Å². The minimum atomic E-state index is -0.467. The summed E-state index contributed by atoms with van der Waals surface area (Å²) < 4.78 is 27.9. The molecule has 1 nitrogen and oxygen atoms in total. The molecule has 0 fully saturated rings. The molecule has 0 bridgehead atoms. The zero-order valence-electron chi connectivity index (χ0n) is 11.6. The fourth-order valence-electron chi connectivity index (χ4n) is 2.21. The van der Waals surface area contributed by atoms with E-state index in [1.807, 2.05) is 32.0 Å². The number of rotatable bonds is 3. The van der Waals surface area contributed by atoms with Gasteiger partial charge in [0.2, 0.25) is 0 Å². The molecule has 20 heavy (non-hydrogen) atoms. The summed E-state index contributed by atoms with van der Waals surface area (Å²) in [6.45, 7) is 4.03. The third kappa shape index (κ3) is 2.91. The van der Waals surface area contributed by atoms with Gasteiger partial charge in [0.15, 0.2) is 0 Å². The number of aryl methyl sites for hydroxylation is 2. The Morgan fingerprint density at radius 1 is 1.00 bits per heavy atom. The summed E-state index contributed by atoms with van der Waals surface area (Å²) in [6.07, 6.45) is 0. The van der Waals surface area contributed by atoms with Crippen molar-refractivity contribution in [2.24, 2.45) is 0 Å². The second-order valence-electron chi connectivity index (χ2n) is 4.85. The van der Waals surface area contributed by atoms with Crippen molar-refractivity contribution in [1.82, 2.24) is 5.32 Å². The van der Waals surface area contributed by atoms with Gasteiger partial charge in [-0.15, -0.1) is 0 Å². The van der Waals surface area contributed by atoms with Crippen LogP contribution in [0.1, 0.15) is 28.3 Å². The first kappa shape index (κ1) is 15.1. The number of hydrogen-bond donors (Lipinski definition) is 1. The summed E-state index contributed by atoms with van der Waals surface area (Å²) in [5, 5.41) is 3.05. The van der Waals surface area contributed by atoms with Crippen LogP contribution in [0.4, 0.5) is 8.78 Å². The molecule has 2 rings (SSSR count). The zero-order valence-corrected chi connectivity index (χ0v) is 13.2. The Balaban J connectivity index is 2.52. The first-order chi connectivity index (χ1) is 9.43. The molecule has 0 aliphatic heterocycles. The van der Waals surface area contributed by atoms with Gasteiger partial charge in [0.05, 0.1) is 10.5 Å². The lowest BCUT2D eigenvalue weighted by Gasteiger charge is -2.19. The standard InChI is InChI=1S/C16H16BrF2N/c1-9-4-5-11(6-10(9)2)16(20-3)12-7-15(19)13(17)8-14(12)18/h4-8,16,20H,1-3H3.